The second-order valence-electron chi connectivity index (χ2n) is 7.39. The van der Waals surface area contributed by atoms with Crippen LogP contribution in [0.1, 0.15) is 36.4 Å². The maximum Gasteiger partial charge on any atom is 0.137 e. The molecule has 7 nitrogen and oxygen atoms in total. The van der Waals surface area contributed by atoms with Gasteiger partial charge < -0.3 is 14.3 Å². The molecule has 1 aromatic heterocycles. The lowest BCUT2D eigenvalue weighted by Gasteiger charge is -2.41. The third-order valence-electron chi connectivity index (χ3n) is 5.69. The summed E-state index contributed by atoms with van der Waals surface area (Å²) in [5.41, 5.74) is 2.99. The zero-order valence-corrected chi connectivity index (χ0v) is 17.3. The van der Waals surface area contributed by atoms with Crippen LogP contribution >= 0.6 is 0 Å². The Hall–Kier alpha value is -3.19. The minimum absolute atomic E-state index is 0.0199. The molecule has 4 rings (SSSR count). The van der Waals surface area contributed by atoms with Crippen LogP contribution in [0.25, 0.3) is 5.69 Å². The van der Waals surface area contributed by atoms with E-state index in [1.807, 2.05) is 30.3 Å². The first-order valence-electron chi connectivity index (χ1n) is 10.1. The Balaban J connectivity index is 1.71. The molecule has 0 saturated carbocycles. The van der Waals surface area contributed by atoms with E-state index in [9.17, 15) is 4.79 Å². The topological polar surface area (TPSA) is 69.5 Å². The SMILES string of the molecule is COc1cccc(OC)c1C1CCCC(C=O)N1Cc1cccc(-n2nccn2)c1. The second-order valence-corrected chi connectivity index (χ2v) is 7.39. The van der Waals surface area contributed by atoms with Gasteiger partial charge >= 0.3 is 0 Å². The number of hydrogen-bond acceptors (Lipinski definition) is 6. The van der Waals surface area contributed by atoms with Gasteiger partial charge in [-0.3, -0.25) is 4.90 Å². The maximum absolute atomic E-state index is 12.0. The van der Waals surface area contributed by atoms with Crippen molar-refractivity contribution in [1.82, 2.24) is 19.9 Å². The summed E-state index contributed by atoms with van der Waals surface area (Å²) < 4.78 is 11.3. The molecular formula is C23H26N4O3. The quantitative estimate of drug-likeness (QED) is 0.559. The standard InChI is InChI=1S/C23H26N4O3/c1-29-21-10-5-11-22(30-2)23(21)20-9-4-8-19(16-28)26(20)15-17-6-3-7-18(14-17)27-24-12-13-25-27/h3,5-7,10-14,16,19-20H,4,8-9,15H2,1-2H3. The highest BCUT2D eigenvalue weighted by molar-refractivity contribution is 5.59. The lowest BCUT2D eigenvalue weighted by molar-refractivity contribution is -0.115. The number of carbonyl (C=O) groups is 1. The van der Waals surface area contributed by atoms with Crippen molar-refractivity contribution in [2.24, 2.45) is 0 Å². The zero-order chi connectivity index (χ0) is 20.9. The van der Waals surface area contributed by atoms with E-state index in [4.69, 9.17) is 9.47 Å². The van der Waals surface area contributed by atoms with E-state index in [1.54, 1.807) is 31.4 Å². The summed E-state index contributed by atoms with van der Waals surface area (Å²) in [4.78, 5) is 15.8. The number of benzene rings is 2. The summed E-state index contributed by atoms with van der Waals surface area (Å²) >= 11 is 0. The Morgan fingerprint density at radius 1 is 1.03 bits per heavy atom. The summed E-state index contributed by atoms with van der Waals surface area (Å²) in [5, 5.41) is 8.43. The molecule has 2 heterocycles. The molecule has 1 fully saturated rings. The number of aldehydes is 1. The van der Waals surface area contributed by atoms with Gasteiger partial charge in [0.1, 0.15) is 17.8 Å². The molecule has 1 aliphatic rings. The fourth-order valence-electron chi connectivity index (χ4n) is 4.31. The van der Waals surface area contributed by atoms with Crippen LogP contribution in [0.5, 0.6) is 11.5 Å². The molecule has 0 amide bonds. The number of aromatic nitrogens is 3. The van der Waals surface area contributed by atoms with Crippen molar-refractivity contribution < 1.29 is 14.3 Å². The third-order valence-corrected chi connectivity index (χ3v) is 5.69. The monoisotopic (exact) mass is 406 g/mol. The van der Waals surface area contributed by atoms with Crippen LogP contribution < -0.4 is 9.47 Å². The van der Waals surface area contributed by atoms with Crippen LogP contribution in [0, 0.1) is 0 Å². The molecule has 0 aliphatic carbocycles. The van der Waals surface area contributed by atoms with Gasteiger partial charge in [0.15, 0.2) is 0 Å². The molecule has 0 N–H and O–H groups in total. The van der Waals surface area contributed by atoms with E-state index in [1.165, 1.54) is 0 Å². The van der Waals surface area contributed by atoms with Gasteiger partial charge in [-0.15, -0.1) is 0 Å². The first-order chi connectivity index (χ1) is 14.7. The number of ether oxygens (including phenoxy) is 2. The Morgan fingerprint density at radius 3 is 2.40 bits per heavy atom. The summed E-state index contributed by atoms with van der Waals surface area (Å²) in [6.45, 7) is 0.629. The molecule has 7 heteroatoms. The van der Waals surface area contributed by atoms with Crippen LogP contribution in [-0.4, -0.2) is 46.4 Å². The highest BCUT2D eigenvalue weighted by Crippen LogP contribution is 2.43. The number of hydrogen-bond donors (Lipinski definition) is 0. The van der Waals surface area contributed by atoms with E-state index in [-0.39, 0.29) is 12.1 Å². The Kier molecular flexibility index (Phi) is 6.09. The van der Waals surface area contributed by atoms with Gasteiger partial charge in [-0.05, 0) is 49.1 Å². The molecule has 0 bridgehead atoms. The van der Waals surface area contributed by atoms with Crippen molar-refractivity contribution in [3.05, 3.63) is 66.0 Å². The van der Waals surface area contributed by atoms with E-state index in [0.29, 0.717) is 6.54 Å². The van der Waals surface area contributed by atoms with Crippen LogP contribution in [-0.2, 0) is 11.3 Å². The van der Waals surface area contributed by atoms with Gasteiger partial charge in [-0.2, -0.15) is 15.0 Å². The summed E-state index contributed by atoms with van der Waals surface area (Å²) in [6.07, 6.45) is 7.13. The number of likely N-dealkylation sites (tertiary alicyclic amines) is 1. The van der Waals surface area contributed by atoms with Crippen molar-refractivity contribution >= 4 is 6.29 Å². The number of carbonyl (C=O) groups excluding carboxylic acids is 1. The van der Waals surface area contributed by atoms with Gasteiger partial charge in [-0.1, -0.05) is 18.2 Å². The molecule has 30 heavy (non-hydrogen) atoms. The average molecular weight is 406 g/mol. The molecular weight excluding hydrogens is 380 g/mol. The lowest BCUT2D eigenvalue weighted by atomic mass is 9.89. The van der Waals surface area contributed by atoms with Crippen LogP contribution in [0.15, 0.2) is 54.9 Å². The third kappa shape index (κ3) is 3.93. The number of nitrogens with zero attached hydrogens (tertiary/aromatic N) is 4. The van der Waals surface area contributed by atoms with Gasteiger partial charge in [0.05, 0.1) is 43.9 Å². The Bertz CT molecular complexity index is 968. The molecule has 156 valence electrons. The van der Waals surface area contributed by atoms with E-state index < -0.39 is 0 Å². The first kappa shape index (κ1) is 20.1. The summed E-state index contributed by atoms with van der Waals surface area (Å²) in [5.74, 6) is 1.57. The normalized spacial score (nSPS) is 19.4. The molecule has 1 saturated heterocycles. The lowest BCUT2D eigenvalue weighted by Crippen LogP contribution is -2.42. The molecule has 0 spiro atoms. The minimum atomic E-state index is -0.162. The van der Waals surface area contributed by atoms with Gasteiger partial charge in [0.2, 0.25) is 0 Å². The van der Waals surface area contributed by atoms with Gasteiger partial charge in [0.25, 0.3) is 0 Å². The van der Waals surface area contributed by atoms with Crippen LogP contribution in [0.3, 0.4) is 0 Å². The molecule has 2 aromatic carbocycles. The second kappa shape index (κ2) is 9.09. The Labute approximate surface area is 176 Å². The minimum Gasteiger partial charge on any atom is -0.496 e. The highest BCUT2D eigenvalue weighted by atomic mass is 16.5. The van der Waals surface area contributed by atoms with E-state index in [0.717, 1.165) is 53.9 Å². The zero-order valence-electron chi connectivity index (χ0n) is 17.3. The van der Waals surface area contributed by atoms with E-state index in [2.05, 4.69) is 27.2 Å². The van der Waals surface area contributed by atoms with Crippen molar-refractivity contribution in [2.45, 2.75) is 37.9 Å². The predicted molar refractivity (Wildman–Crippen MR) is 113 cm³/mol. The summed E-state index contributed by atoms with van der Waals surface area (Å²) in [6, 6.07) is 13.8. The highest BCUT2D eigenvalue weighted by Gasteiger charge is 2.34. The molecule has 3 aromatic rings. The van der Waals surface area contributed by atoms with Crippen LogP contribution in [0.2, 0.25) is 0 Å². The molecule has 1 aliphatic heterocycles. The van der Waals surface area contributed by atoms with Crippen molar-refractivity contribution in [1.29, 1.82) is 0 Å². The van der Waals surface area contributed by atoms with Crippen molar-refractivity contribution in [3.63, 3.8) is 0 Å². The predicted octanol–water partition coefficient (Wildman–Crippen LogP) is 3.58. The van der Waals surface area contributed by atoms with Crippen molar-refractivity contribution in [2.75, 3.05) is 14.2 Å². The van der Waals surface area contributed by atoms with E-state index >= 15 is 0 Å². The average Bonchev–Trinajstić information content (AvgIpc) is 3.34. The number of methoxy groups -OCH3 is 2. The summed E-state index contributed by atoms with van der Waals surface area (Å²) in [7, 11) is 3.34. The van der Waals surface area contributed by atoms with Gasteiger partial charge in [0, 0.05) is 12.6 Å². The van der Waals surface area contributed by atoms with Crippen molar-refractivity contribution in [3.8, 4) is 17.2 Å². The molecule has 2 unspecified atom stereocenters. The first-order valence-corrected chi connectivity index (χ1v) is 10.1. The maximum atomic E-state index is 12.0. The number of piperidine rings is 1. The van der Waals surface area contributed by atoms with Gasteiger partial charge in [-0.25, -0.2) is 0 Å². The Morgan fingerprint density at radius 2 is 1.73 bits per heavy atom. The fourth-order valence-corrected chi connectivity index (χ4v) is 4.31. The van der Waals surface area contributed by atoms with Crippen LogP contribution in [0.4, 0.5) is 0 Å². The smallest absolute Gasteiger partial charge is 0.137 e. The fraction of sp³-hybridized carbons (Fsp3) is 0.348. The largest absolute Gasteiger partial charge is 0.496 e. The number of rotatable bonds is 7. The molecule has 0 radical (unpaired) electrons. The molecule has 2 atom stereocenters.